The molecule has 0 saturated carbocycles. The highest BCUT2D eigenvalue weighted by molar-refractivity contribution is 5.81. The van der Waals surface area contributed by atoms with Gasteiger partial charge in [0.25, 0.3) is 0 Å². The van der Waals surface area contributed by atoms with Crippen LogP contribution in [0.25, 0.3) is 0 Å². The normalized spacial score (nSPS) is 29.8. The SMILES string of the molecule is CC1CN(C(=O)C2CCCN(C(=O)N3CCCC3)C2)CCN1. The second-order valence-corrected chi connectivity index (χ2v) is 6.90. The van der Waals surface area contributed by atoms with Crippen LogP contribution in [0.1, 0.15) is 32.6 Å². The molecule has 0 aromatic carbocycles. The van der Waals surface area contributed by atoms with Gasteiger partial charge in [0.05, 0.1) is 5.92 Å². The quantitative estimate of drug-likeness (QED) is 0.777. The average molecular weight is 308 g/mol. The third kappa shape index (κ3) is 3.37. The van der Waals surface area contributed by atoms with E-state index in [0.29, 0.717) is 12.6 Å². The van der Waals surface area contributed by atoms with Gasteiger partial charge in [0.1, 0.15) is 0 Å². The van der Waals surface area contributed by atoms with Crippen molar-refractivity contribution in [2.45, 2.75) is 38.6 Å². The van der Waals surface area contributed by atoms with Gasteiger partial charge in [0.2, 0.25) is 5.91 Å². The summed E-state index contributed by atoms with van der Waals surface area (Å²) in [5.74, 6) is 0.234. The lowest BCUT2D eigenvalue weighted by molar-refractivity contribution is -0.138. The van der Waals surface area contributed by atoms with Gasteiger partial charge in [0.15, 0.2) is 0 Å². The Bertz CT molecular complexity index is 422. The number of carbonyl (C=O) groups excluding carboxylic acids is 2. The minimum absolute atomic E-state index is 0.00870. The Morgan fingerprint density at radius 1 is 0.909 bits per heavy atom. The van der Waals surface area contributed by atoms with E-state index in [-0.39, 0.29) is 17.9 Å². The number of urea groups is 1. The summed E-state index contributed by atoms with van der Waals surface area (Å²) in [6, 6.07) is 0.507. The van der Waals surface area contributed by atoms with Crippen molar-refractivity contribution in [1.29, 1.82) is 0 Å². The predicted molar refractivity (Wildman–Crippen MR) is 84.5 cm³/mol. The number of carbonyl (C=O) groups is 2. The smallest absolute Gasteiger partial charge is 0.320 e. The molecule has 6 heteroatoms. The summed E-state index contributed by atoms with van der Waals surface area (Å²) in [7, 11) is 0. The Hall–Kier alpha value is -1.30. The van der Waals surface area contributed by atoms with Crippen LogP contribution in [0.4, 0.5) is 4.79 Å². The molecule has 2 unspecified atom stereocenters. The Balaban J connectivity index is 1.57. The highest BCUT2D eigenvalue weighted by atomic mass is 16.2. The van der Waals surface area contributed by atoms with E-state index in [2.05, 4.69) is 12.2 Å². The third-order valence-electron chi connectivity index (χ3n) is 5.10. The molecule has 3 saturated heterocycles. The van der Waals surface area contributed by atoms with E-state index in [1.807, 2.05) is 14.7 Å². The molecule has 0 spiro atoms. The minimum atomic E-state index is -0.00870. The number of amides is 3. The van der Waals surface area contributed by atoms with Gasteiger partial charge in [-0.2, -0.15) is 0 Å². The first kappa shape index (κ1) is 15.6. The summed E-state index contributed by atoms with van der Waals surface area (Å²) >= 11 is 0. The molecule has 0 aromatic heterocycles. The molecule has 3 aliphatic heterocycles. The summed E-state index contributed by atoms with van der Waals surface area (Å²) < 4.78 is 0. The molecule has 2 atom stereocenters. The minimum Gasteiger partial charge on any atom is -0.340 e. The summed E-state index contributed by atoms with van der Waals surface area (Å²) in [4.78, 5) is 31.1. The van der Waals surface area contributed by atoms with E-state index in [4.69, 9.17) is 0 Å². The molecule has 0 aromatic rings. The number of hydrogen-bond donors (Lipinski definition) is 1. The van der Waals surface area contributed by atoms with Crippen LogP contribution in [-0.4, -0.2) is 78.5 Å². The zero-order valence-electron chi connectivity index (χ0n) is 13.6. The second-order valence-electron chi connectivity index (χ2n) is 6.90. The van der Waals surface area contributed by atoms with Crippen molar-refractivity contribution < 1.29 is 9.59 Å². The molecule has 3 amide bonds. The van der Waals surface area contributed by atoms with Gasteiger partial charge >= 0.3 is 6.03 Å². The molecular weight excluding hydrogens is 280 g/mol. The van der Waals surface area contributed by atoms with E-state index in [1.165, 1.54) is 0 Å². The summed E-state index contributed by atoms with van der Waals surface area (Å²) in [5, 5.41) is 3.37. The summed E-state index contributed by atoms with van der Waals surface area (Å²) in [5.41, 5.74) is 0. The monoisotopic (exact) mass is 308 g/mol. The zero-order valence-corrected chi connectivity index (χ0v) is 13.6. The average Bonchev–Trinajstić information content (AvgIpc) is 3.08. The Morgan fingerprint density at radius 2 is 1.64 bits per heavy atom. The van der Waals surface area contributed by atoms with Gasteiger partial charge in [-0.15, -0.1) is 0 Å². The maximum atomic E-state index is 12.7. The maximum Gasteiger partial charge on any atom is 0.320 e. The van der Waals surface area contributed by atoms with Gasteiger partial charge in [-0.05, 0) is 32.6 Å². The number of rotatable bonds is 1. The van der Waals surface area contributed by atoms with Gasteiger partial charge in [-0.1, -0.05) is 0 Å². The summed E-state index contributed by atoms with van der Waals surface area (Å²) in [6.07, 6.45) is 4.08. The van der Waals surface area contributed by atoms with Crippen molar-refractivity contribution in [2.24, 2.45) is 5.92 Å². The number of nitrogens with one attached hydrogen (secondary N) is 1. The molecule has 22 heavy (non-hydrogen) atoms. The number of piperazine rings is 1. The first-order valence-corrected chi connectivity index (χ1v) is 8.71. The van der Waals surface area contributed by atoms with Crippen molar-refractivity contribution >= 4 is 11.9 Å². The Morgan fingerprint density at radius 3 is 2.36 bits per heavy atom. The summed E-state index contributed by atoms with van der Waals surface area (Å²) in [6.45, 7) is 7.73. The van der Waals surface area contributed by atoms with Gasteiger partial charge in [-0.25, -0.2) is 4.79 Å². The third-order valence-corrected chi connectivity index (χ3v) is 5.10. The second kappa shape index (κ2) is 6.86. The van der Waals surface area contributed by atoms with Crippen LogP contribution in [0.5, 0.6) is 0 Å². The lowest BCUT2D eigenvalue weighted by Crippen LogP contribution is -2.55. The molecule has 3 fully saturated rings. The first-order valence-electron chi connectivity index (χ1n) is 8.71. The van der Waals surface area contributed by atoms with Crippen molar-refractivity contribution in [3.63, 3.8) is 0 Å². The highest BCUT2D eigenvalue weighted by Gasteiger charge is 2.34. The van der Waals surface area contributed by atoms with E-state index < -0.39 is 0 Å². The van der Waals surface area contributed by atoms with Crippen molar-refractivity contribution in [3.8, 4) is 0 Å². The van der Waals surface area contributed by atoms with Crippen LogP contribution in [-0.2, 0) is 4.79 Å². The Labute approximate surface area is 132 Å². The first-order chi connectivity index (χ1) is 10.6. The molecule has 0 radical (unpaired) electrons. The van der Waals surface area contributed by atoms with Gasteiger partial charge in [-0.3, -0.25) is 4.79 Å². The number of likely N-dealkylation sites (tertiary alicyclic amines) is 2. The highest BCUT2D eigenvalue weighted by Crippen LogP contribution is 2.22. The lowest BCUT2D eigenvalue weighted by atomic mass is 9.96. The van der Waals surface area contributed by atoms with Gasteiger partial charge < -0.3 is 20.0 Å². The largest absolute Gasteiger partial charge is 0.340 e. The fraction of sp³-hybridized carbons (Fsp3) is 0.875. The van der Waals surface area contributed by atoms with Crippen LogP contribution in [0, 0.1) is 5.92 Å². The van der Waals surface area contributed by atoms with E-state index in [9.17, 15) is 9.59 Å². The molecular formula is C16H28N4O2. The van der Waals surface area contributed by atoms with E-state index >= 15 is 0 Å². The van der Waals surface area contributed by atoms with Crippen LogP contribution in [0.3, 0.4) is 0 Å². The number of piperidine rings is 1. The van der Waals surface area contributed by atoms with Crippen LogP contribution in [0.15, 0.2) is 0 Å². The zero-order chi connectivity index (χ0) is 15.5. The fourth-order valence-corrected chi connectivity index (χ4v) is 3.85. The van der Waals surface area contributed by atoms with Gasteiger partial charge in [0, 0.05) is 51.9 Å². The van der Waals surface area contributed by atoms with Crippen LogP contribution >= 0.6 is 0 Å². The molecule has 1 N–H and O–H groups in total. The predicted octanol–water partition coefficient (Wildman–Crippen LogP) is 0.735. The fourth-order valence-electron chi connectivity index (χ4n) is 3.85. The van der Waals surface area contributed by atoms with Crippen LogP contribution < -0.4 is 5.32 Å². The van der Waals surface area contributed by atoms with E-state index in [1.54, 1.807) is 0 Å². The topological polar surface area (TPSA) is 55.9 Å². The molecule has 0 aliphatic carbocycles. The van der Waals surface area contributed by atoms with E-state index in [0.717, 1.165) is 65.0 Å². The molecule has 3 aliphatic rings. The Kier molecular flexibility index (Phi) is 4.86. The molecule has 3 heterocycles. The molecule has 6 nitrogen and oxygen atoms in total. The van der Waals surface area contributed by atoms with Crippen molar-refractivity contribution in [1.82, 2.24) is 20.0 Å². The lowest BCUT2D eigenvalue weighted by Gasteiger charge is -2.38. The molecule has 3 rings (SSSR count). The number of nitrogens with zero attached hydrogens (tertiary/aromatic N) is 3. The maximum absolute atomic E-state index is 12.7. The number of hydrogen-bond acceptors (Lipinski definition) is 3. The molecule has 0 bridgehead atoms. The van der Waals surface area contributed by atoms with Crippen molar-refractivity contribution in [3.05, 3.63) is 0 Å². The van der Waals surface area contributed by atoms with Crippen LogP contribution in [0.2, 0.25) is 0 Å². The molecule has 124 valence electrons. The standard InChI is InChI=1S/C16H28N4O2/c1-13-11-19(10-6-17-13)15(21)14-5-4-9-20(12-14)16(22)18-7-2-3-8-18/h13-14,17H,2-12H2,1H3. The van der Waals surface area contributed by atoms with Crippen molar-refractivity contribution in [2.75, 3.05) is 45.8 Å².